The number of anilines is 1. The molecule has 0 atom stereocenters. The van der Waals surface area contributed by atoms with Crippen LogP contribution in [0.3, 0.4) is 0 Å². The molecule has 146 valence electrons. The normalized spacial score (nSPS) is 13.3. The number of amides is 1. The third-order valence-electron chi connectivity index (χ3n) is 4.93. The SMILES string of the molecule is N#Cc1c(NC(=O)c2cc3cc([N+](=O)[O-])ccc3oc2=O)sc2c1CCCCC2. The van der Waals surface area contributed by atoms with Gasteiger partial charge in [-0.15, -0.1) is 11.3 Å². The predicted octanol–water partition coefficient (Wildman–Crippen LogP) is 4.16. The van der Waals surface area contributed by atoms with Crippen LogP contribution < -0.4 is 10.9 Å². The van der Waals surface area contributed by atoms with E-state index in [0.29, 0.717) is 10.6 Å². The molecular weight excluding hydrogens is 394 g/mol. The van der Waals surface area contributed by atoms with Gasteiger partial charge in [0.05, 0.1) is 10.5 Å². The number of carbonyl (C=O) groups is 1. The van der Waals surface area contributed by atoms with Crippen molar-refractivity contribution in [2.24, 2.45) is 0 Å². The summed E-state index contributed by atoms with van der Waals surface area (Å²) in [6.45, 7) is 0. The molecule has 1 aromatic carbocycles. The molecule has 1 N–H and O–H groups in total. The number of thiophene rings is 1. The molecule has 0 radical (unpaired) electrons. The van der Waals surface area contributed by atoms with Crippen LogP contribution in [0.1, 0.15) is 45.6 Å². The van der Waals surface area contributed by atoms with Gasteiger partial charge in [0.2, 0.25) is 0 Å². The minimum Gasteiger partial charge on any atom is -0.422 e. The molecule has 0 saturated heterocycles. The zero-order valence-corrected chi connectivity index (χ0v) is 16.0. The number of nitro benzene ring substituents is 1. The zero-order chi connectivity index (χ0) is 20.5. The number of nitrogens with one attached hydrogen (secondary N) is 1. The summed E-state index contributed by atoms with van der Waals surface area (Å²) in [6, 6.07) is 7.23. The molecule has 1 aliphatic rings. The van der Waals surface area contributed by atoms with Gasteiger partial charge in [-0.1, -0.05) is 6.42 Å². The van der Waals surface area contributed by atoms with Gasteiger partial charge in [-0.3, -0.25) is 14.9 Å². The Labute approximate surface area is 168 Å². The van der Waals surface area contributed by atoms with E-state index in [-0.39, 0.29) is 22.2 Å². The summed E-state index contributed by atoms with van der Waals surface area (Å²) >= 11 is 1.36. The summed E-state index contributed by atoms with van der Waals surface area (Å²) in [4.78, 5) is 36.5. The molecule has 0 bridgehead atoms. The molecule has 2 heterocycles. The van der Waals surface area contributed by atoms with Gasteiger partial charge in [0, 0.05) is 22.4 Å². The molecule has 1 amide bonds. The maximum absolute atomic E-state index is 12.7. The number of non-ortho nitro benzene ring substituents is 1. The number of nitro groups is 1. The number of fused-ring (bicyclic) bond motifs is 2. The van der Waals surface area contributed by atoms with Gasteiger partial charge in [0.1, 0.15) is 22.2 Å². The molecule has 3 aromatic rings. The lowest BCUT2D eigenvalue weighted by Crippen LogP contribution is -2.20. The molecule has 0 aliphatic heterocycles. The largest absolute Gasteiger partial charge is 0.422 e. The van der Waals surface area contributed by atoms with E-state index in [2.05, 4.69) is 11.4 Å². The van der Waals surface area contributed by atoms with Crippen molar-refractivity contribution >= 4 is 38.9 Å². The first-order valence-electron chi connectivity index (χ1n) is 9.06. The number of benzene rings is 1. The van der Waals surface area contributed by atoms with Crippen molar-refractivity contribution in [3.8, 4) is 6.07 Å². The fraction of sp³-hybridized carbons (Fsp3) is 0.250. The second-order valence-electron chi connectivity index (χ2n) is 6.76. The van der Waals surface area contributed by atoms with Crippen molar-refractivity contribution in [1.29, 1.82) is 5.26 Å². The van der Waals surface area contributed by atoms with E-state index >= 15 is 0 Å². The number of rotatable bonds is 3. The molecule has 0 unspecified atom stereocenters. The van der Waals surface area contributed by atoms with Crippen molar-refractivity contribution in [2.45, 2.75) is 32.1 Å². The molecule has 8 nitrogen and oxygen atoms in total. The molecule has 0 fully saturated rings. The highest BCUT2D eigenvalue weighted by molar-refractivity contribution is 7.16. The molecular formula is C20H15N3O5S. The van der Waals surface area contributed by atoms with E-state index in [0.717, 1.165) is 42.5 Å². The molecule has 9 heteroatoms. The predicted molar refractivity (Wildman–Crippen MR) is 107 cm³/mol. The highest BCUT2D eigenvalue weighted by Gasteiger charge is 2.23. The summed E-state index contributed by atoms with van der Waals surface area (Å²) in [5.74, 6) is -0.708. The number of carbonyl (C=O) groups excluding carboxylic acids is 1. The summed E-state index contributed by atoms with van der Waals surface area (Å²) in [7, 11) is 0. The van der Waals surface area contributed by atoms with Crippen LogP contribution in [0.4, 0.5) is 10.7 Å². The topological polar surface area (TPSA) is 126 Å². The third kappa shape index (κ3) is 3.50. The fourth-order valence-corrected chi connectivity index (χ4v) is 4.74. The van der Waals surface area contributed by atoms with Crippen LogP contribution in [0.25, 0.3) is 11.0 Å². The Balaban J connectivity index is 1.71. The van der Waals surface area contributed by atoms with E-state index in [1.807, 2.05) is 0 Å². The zero-order valence-electron chi connectivity index (χ0n) is 15.2. The van der Waals surface area contributed by atoms with Crippen LogP contribution in [-0.4, -0.2) is 10.8 Å². The smallest absolute Gasteiger partial charge is 0.349 e. The van der Waals surface area contributed by atoms with E-state index in [1.165, 1.54) is 35.6 Å². The highest BCUT2D eigenvalue weighted by Crippen LogP contribution is 2.37. The lowest BCUT2D eigenvalue weighted by molar-refractivity contribution is -0.384. The Hall–Kier alpha value is -3.51. The van der Waals surface area contributed by atoms with E-state index < -0.39 is 16.5 Å². The van der Waals surface area contributed by atoms with E-state index in [9.17, 15) is 25.0 Å². The molecule has 1 aliphatic carbocycles. The third-order valence-corrected chi connectivity index (χ3v) is 6.14. The van der Waals surface area contributed by atoms with Gasteiger partial charge >= 0.3 is 5.63 Å². The lowest BCUT2D eigenvalue weighted by Gasteiger charge is -2.04. The van der Waals surface area contributed by atoms with Crippen LogP contribution in [0.2, 0.25) is 0 Å². The Morgan fingerprint density at radius 1 is 1.24 bits per heavy atom. The molecule has 4 rings (SSSR count). The number of nitriles is 1. The minimum absolute atomic E-state index is 0.151. The summed E-state index contributed by atoms with van der Waals surface area (Å²) in [6.07, 6.45) is 4.81. The Morgan fingerprint density at radius 3 is 2.79 bits per heavy atom. The van der Waals surface area contributed by atoms with Gasteiger partial charge in [0.15, 0.2) is 0 Å². The van der Waals surface area contributed by atoms with Crippen molar-refractivity contribution in [3.63, 3.8) is 0 Å². The Morgan fingerprint density at radius 2 is 2.03 bits per heavy atom. The van der Waals surface area contributed by atoms with Crippen molar-refractivity contribution < 1.29 is 14.1 Å². The first kappa shape index (κ1) is 18.8. The monoisotopic (exact) mass is 409 g/mol. The van der Waals surface area contributed by atoms with Gasteiger partial charge in [-0.2, -0.15) is 5.26 Å². The highest BCUT2D eigenvalue weighted by atomic mass is 32.1. The standard InChI is InChI=1S/C20H15N3O5S/c21-10-15-13-4-2-1-3-5-17(13)29-19(15)22-18(24)14-9-11-8-12(23(26)27)6-7-16(11)28-20(14)25/h6-9H,1-5H2,(H,22,24). The summed E-state index contributed by atoms with van der Waals surface area (Å²) < 4.78 is 5.14. The number of hydrogen-bond donors (Lipinski definition) is 1. The van der Waals surface area contributed by atoms with Crippen LogP contribution in [-0.2, 0) is 12.8 Å². The van der Waals surface area contributed by atoms with E-state index in [1.54, 1.807) is 0 Å². The van der Waals surface area contributed by atoms with Gasteiger partial charge < -0.3 is 9.73 Å². The number of hydrogen-bond acceptors (Lipinski definition) is 7. The Kier molecular flexibility index (Phi) is 4.86. The van der Waals surface area contributed by atoms with Crippen LogP contribution >= 0.6 is 11.3 Å². The summed E-state index contributed by atoms with van der Waals surface area (Å²) in [5.41, 5.74) is 0.280. The van der Waals surface area contributed by atoms with Gasteiger partial charge in [-0.05, 0) is 43.4 Å². The van der Waals surface area contributed by atoms with E-state index in [4.69, 9.17) is 4.42 Å². The van der Waals surface area contributed by atoms with Gasteiger partial charge in [-0.25, -0.2) is 4.79 Å². The molecule has 0 saturated carbocycles. The molecule has 2 aromatic heterocycles. The second-order valence-corrected chi connectivity index (χ2v) is 7.87. The molecule has 29 heavy (non-hydrogen) atoms. The van der Waals surface area contributed by atoms with Crippen LogP contribution in [0.15, 0.2) is 33.5 Å². The van der Waals surface area contributed by atoms with Crippen molar-refractivity contribution in [2.75, 3.05) is 5.32 Å². The summed E-state index contributed by atoms with van der Waals surface area (Å²) in [5, 5.41) is 23.9. The maximum atomic E-state index is 12.7. The maximum Gasteiger partial charge on any atom is 0.349 e. The average Bonchev–Trinajstić information content (AvgIpc) is 2.85. The Bertz CT molecular complexity index is 1250. The molecule has 0 spiro atoms. The quantitative estimate of drug-likeness (QED) is 0.300. The average molecular weight is 409 g/mol. The lowest BCUT2D eigenvalue weighted by atomic mass is 10.1. The second kappa shape index (κ2) is 7.48. The van der Waals surface area contributed by atoms with Crippen LogP contribution in [0, 0.1) is 21.4 Å². The van der Waals surface area contributed by atoms with Crippen LogP contribution in [0.5, 0.6) is 0 Å². The fourth-order valence-electron chi connectivity index (χ4n) is 3.50. The number of aryl methyl sites for hydroxylation is 1. The minimum atomic E-state index is -0.847. The first-order valence-corrected chi connectivity index (χ1v) is 9.88. The number of nitrogens with zero attached hydrogens (tertiary/aromatic N) is 2. The first-order chi connectivity index (χ1) is 14.0. The van der Waals surface area contributed by atoms with Crippen molar-refractivity contribution in [1.82, 2.24) is 0 Å². The van der Waals surface area contributed by atoms with Crippen molar-refractivity contribution in [3.05, 3.63) is 66.4 Å². The van der Waals surface area contributed by atoms with Gasteiger partial charge in [0.25, 0.3) is 11.6 Å².